The molecule has 0 bridgehead atoms. The number of piperidine rings is 1. The zero-order valence-corrected chi connectivity index (χ0v) is 17.1. The van der Waals surface area contributed by atoms with Crippen LogP contribution in [-0.4, -0.2) is 48.7 Å². The average molecular weight is 373 g/mol. The number of phenolic OH excluding ortho intramolecular Hbond substituents is 1. The monoisotopic (exact) mass is 372 g/mol. The number of hydrogen-bond acceptors (Lipinski definition) is 3. The lowest BCUT2D eigenvalue weighted by molar-refractivity contribution is 0.203. The van der Waals surface area contributed by atoms with Crippen molar-refractivity contribution in [2.75, 3.05) is 26.7 Å². The summed E-state index contributed by atoms with van der Waals surface area (Å²) in [7, 11) is 1.83. The molecule has 5 nitrogen and oxygen atoms in total. The number of nitrogens with one attached hydrogen (secondary N) is 2. The van der Waals surface area contributed by atoms with Crippen molar-refractivity contribution in [2.24, 2.45) is 4.99 Å². The Kier molecular flexibility index (Phi) is 7.39. The van der Waals surface area contributed by atoms with E-state index in [4.69, 9.17) is 0 Å². The standard InChI is InChI=1S/C22H36N4O/c1-3-4-13-26-14-11-18(12-15-26)25-22(23-2)24-16-20-19-8-6-5-7-17(19)9-10-21(20)27/h9-10,18,27H,3-8,11-16H2,1-2H3,(H2,23,24,25). The van der Waals surface area contributed by atoms with Crippen LogP contribution < -0.4 is 10.6 Å². The lowest BCUT2D eigenvalue weighted by Gasteiger charge is -2.33. The fourth-order valence-electron chi connectivity index (χ4n) is 4.33. The van der Waals surface area contributed by atoms with Crippen molar-refractivity contribution in [3.8, 4) is 5.75 Å². The van der Waals surface area contributed by atoms with Gasteiger partial charge in [0.1, 0.15) is 5.75 Å². The minimum Gasteiger partial charge on any atom is -0.508 e. The molecule has 0 spiro atoms. The quantitative estimate of drug-likeness (QED) is 0.530. The largest absolute Gasteiger partial charge is 0.508 e. The van der Waals surface area contributed by atoms with Crippen LogP contribution in [0.5, 0.6) is 5.75 Å². The molecule has 3 N–H and O–H groups in total. The lowest BCUT2D eigenvalue weighted by Crippen LogP contribution is -2.48. The molecule has 1 aromatic rings. The van der Waals surface area contributed by atoms with E-state index in [2.05, 4.69) is 33.5 Å². The molecule has 0 amide bonds. The molecule has 3 rings (SSSR count). The zero-order chi connectivity index (χ0) is 19.1. The van der Waals surface area contributed by atoms with E-state index in [0.717, 1.165) is 37.2 Å². The minimum atomic E-state index is 0.405. The molecule has 1 aromatic carbocycles. The van der Waals surface area contributed by atoms with Crippen molar-refractivity contribution in [1.82, 2.24) is 15.5 Å². The van der Waals surface area contributed by atoms with Gasteiger partial charge in [-0.3, -0.25) is 4.99 Å². The number of aromatic hydroxyl groups is 1. The predicted molar refractivity (Wildman–Crippen MR) is 112 cm³/mol. The fraction of sp³-hybridized carbons (Fsp3) is 0.682. The Morgan fingerprint density at radius 2 is 2.00 bits per heavy atom. The number of likely N-dealkylation sites (tertiary alicyclic amines) is 1. The second-order valence-corrected chi connectivity index (χ2v) is 7.95. The summed E-state index contributed by atoms with van der Waals surface area (Å²) in [5.74, 6) is 1.25. The lowest BCUT2D eigenvalue weighted by atomic mass is 9.88. The van der Waals surface area contributed by atoms with E-state index in [0.29, 0.717) is 18.3 Å². The summed E-state index contributed by atoms with van der Waals surface area (Å²) < 4.78 is 0. The van der Waals surface area contributed by atoms with Gasteiger partial charge in [0.2, 0.25) is 0 Å². The first-order valence-corrected chi connectivity index (χ1v) is 10.7. The smallest absolute Gasteiger partial charge is 0.191 e. The summed E-state index contributed by atoms with van der Waals surface area (Å²) in [5.41, 5.74) is 3.79. The van der Waals surface area contributed by atoms with Gasteiger partial charge in [-0.1, -0.05) is 19.4 Å². The maximum atomic E-state index is 10.4. The highest BCUT2D eigenvalue weighted by Gasteiger charge is 2.20. The van der Waals surface area contributed by atoms with E-state index < -0.39 is 0 Å². The van der Waals surface area contributed by atoms with E-state index in [1.807, 2.05) is 13.1 Å². The first-order valence-electron chi connectivity index (χ1n) is 10.7. The van der Waals surface area contributed by atoms with Gasteiger partial charge in [-0.2, -0.15) is 0 Å². The molecular weight excluding hydrogens is 336 g/mol. The number of rotatable bonds is 6. The van der Waals surface area contributed by atoms with Crippen LogP contribution in [0.4, 0.5) is 0 Å². The molecule has 1 aliphatic carbocycles. The maximum absolute atomic E-state index is 10.4. The molecule has 5 heteroatoms. The normalized spacial score (nSPS) is 19.0. The van der Waals surface area contributed by atoms with Crippen LogP contribution in [0.1, 0.15) is 62.1 Å². The van der Waals surface area contributed by atoms with Gasteiger partial charge in [0, 0.05) is 38.3 Å². The topological polar surface area (TPSA) is 59.9 Å². The van der Waals surface area contributed by atoms with Gasteiger partial charge in [-0.15, -0.1) is 0 Å². The van der Waals surface area contributed by atoms with Crippen molar-refractivity contribution in [3.63, 3.8) is 0 Å². The number of guanidine groups is 1. The van der Waals surface area contributed by atoms with Crippen LogP contribution in [0.3, 0.4) is 0 Å². The number of nitrogens with zero attached hydrogens (tertiary/aromatic N) is 2. The number of unbranched alkanes of at least 4 members (excludes halogenated alkanes) is 1. The van der Waals surface area contributed by atoms with E-state index in [1.54, 1.807) is 0 Å². The highest BCUT2D eigenvalue weighted by Crippen LogP contribution is 2.30. The van der Waals surface area contributed by atoms with Crippen molar-refractivity contribution in [2.45, 2.75) is 70.9 Å². The molecular formula is C22H36N4O. The van der Waals surface area contributed by atoms with Crippen LogP contribution in [0.15, 0.2) is 17.1 Å². The van der Waals surface area contributed by atoms with Crippen LogP contribution >= 0.6 is 0 Å². The third kappa shape index (κ3) is 5.38. The minimum absolute atomic E-state index is 0.405. The number of phenols is 1. The number of benzene rings is 1. The van der Waals surface area contributed by atoms with Gasteiger partial charge in [-0.25, -0.2) is 0 Å². The molecule has 0 radical (unpaired) electrons. The number of hydrogen-bond donors (Lipinski definition) is 3. The molecule has 1 aliphatic heterocycles. The highest BCUT2D eigenvalue weighted by molar-refractivity contribution is 5.80. The van der Waals surface area contributed by atoms with E-state index in [9.17, 15) is 5.11 Å². The number of aliphatic imine (C=N–C) groups is 1. The summed E-state index contributed by atoms with van der Waals surface area (Å²) in [6.45, 7) is 6.45. The molecule has 27 heavy (non-hydrogen) atoms. The summed E-state index contributed by atoms with van der Waals surface area (Å²) in [6, 6.07) is 4.42. The van der Waals surface area contributed by atoms with Gasteiger partial charge < -0.3 is 20.6 Å². The average Bonchev–Trinajstić information content (AvgIpc) is 2.71. The van der Waals surface area contributed by atoms with Crippen LogP contribution in [0.25, 0.3) is 0 Å². The van der Waals surface area contributed by atoms with Gasteiger partial charge in [0.05, 0.1) is 0 Å². The molecule has 150 valence electrons. The summed E-state index contributed by atoms with van der Waals surface area (Å²) in [6.07, 6.45) is 9.57. The molecule has 0 unspecified atom stereocenters. The van der Waals surface area contributed by atoms with Crippen molar-refractivity contribution in [1.29, 1.82) is 0 Å². The second kappa shape index (κ2) is 9.98. The number of fused-ring (bicyclic) bond motifs is 1. The Morgan fingerprint density at radius 1 is 1.22 bits per heavy atom. The van der Waals surface area contributed by atoms with Gasteiger partial charge in [0.25, 0.3) is 0 Å². The maximum Gasteiger partial charge on any atom is 0.191 e. The summed E-state index contributed by atoms with van der Waals surface area (Å²) >= 11 is 0. The third-order valence-electron chi connectivity index (χ3n) is 6.04. The number of aryl methyl sites for hydroxylation is 1. The molecule has 2 aliphatic rings. The summed E-state index contributed by atoms with van der Waals surface area (Å²) in [4.78, 5) is 6.98. The zero-order valence-electron chi connectivity index (χ0n) is 17.1. The Bertz CT molecular complexity index is 635. The van der Waals surface area contributed by atoms with Crippen LogP contribution in [0.2, 0.25) is 0 Å². The predicted octanol–water partition coefficient (Wildman–Crippen LogP) is 3.20. The SMILES string of the molecule is CCCCN1CCC(NC(=NC)NCc2c(O)ccc3c2CCCC3)CC1. The molecule has 1 fully saturated rings. The summed E-state index contributed by atoms with van der Waals surface area (Å²) in [5, 5.41) is 17.4. The van der Waals surface area contributed by atoms with Gasteiger partial charge in [0.15, 0.2) is 5.96 Å². The second-order valence-electron chi connectivity index (χ2n) is 7.95. The third-order valence-corrected chi connectivity index (χ3v) is 6.04. The van der Waals surface area contributed by atoms with Crippen LogP contribution in [-0.2, 0) is 19.4 Å². The van der Waals surface area contributed by atoms with Crippen molar-refractivity contribution >= 4 is 5.96 Å². The molecule has 0 aromatic heterocycles. The van der Waals surface area contributed by atoms with Gasteiger partial charge >= 0.3 is 0 Å². The Labute approximate surface area is 164 Å². The molecule has 0 atom stereocenters. The van der Waals surface area contributed by atoms with E-state index in [1.165, 1.54) is 56.4 Å². The Hall–Kier alpha value is -1.75. The highest BCUT2D eigenvalue weighted by atomic mass is 16.3. The van der Waals surface area contributed by atoms with Crippen molar-refractivity contribution in [3.05, 3.63) is 28.8 Å². The van der Waals surface area contributed by atoms with Crippen molar-refractivity contribution < 1.29 is 5.11 Å². The molecule has 0 saturated carbocycles. The first-order chi connectivity index (χ1) is 13.2. The van der Waals surface area contributed by atoms with Gasteiger partial charge in [-0.05, 0) is 68.7 Å². The van der Waals surface area contributed by atoms with Crippen LogP contribution in [0, 0.1) is 0 Å². The molecule has 1 saturated heterocycles. The fourth-order valence-corrected chi connectivity index (χ4v) is 4.33. The molecule has 1 heterocycles. The first kappa shape index (κ1) is 20.0. The van der Waals surface area contributed by atoms with E-state index >= 15 is 0 Å². The Balaban J connectivity index is 1.52. The Morgan fingerprint density at radius 3 is 2.74 bits per heavy atom. The van der Waals surface area contributed by atoms with E-state index in [-0.39, 0.29) is 0 Å².